The van der Waals surface area contributed by atoms with E-state index >= 15 is 0 Å². The third kappa shape index (κ3) is 3.53. The zero-order valence-corrected chi connectivity index (χ0v) is 9.70. The molecule has 0 bridgehead atoms. The molecule has 1 rings (SSSR count). The van der Waals surface area contributed by atoms with Crippen LogP contribution in [0.25, 0.3) is 0 Å². The summed E-state index contributed by atoms with van der Waals surface area (Å²) in [4.78, 5) is 22.8. The summed E-state index contributed by atoms with van der Waals surface area (Å²) in [6.07, 6.45) is 0.563. The lowest BCUT2D eigenvalue weighted by Gasteiger charge is -2.19. The number of hydrogen-bond donors (Lipinski definition) is 0. The first-order valence-corrected chi connectivity index (χ1v) is 5.24. The molecule has 1 aliphatic rings. The Morgan fingerprint density at radius 2 is 1.73 bits per heavy atom. The Balaban J connectivity index is 2.37. The summed E-state index contributed by atoms with van der Waals surface area (Å²) in [5.41, 5.74) is -0.487. The number of rotatable bonds is 3. The normalized spacial score (nSPS) is 24.5. The molecule has 0 N–H and O–H groups in total. The van der Waals surface area contributed by atoms with Gasteiger partial charge >= 0.3 is 11.9 Å². The lowest BCUT2D eigenvalue weighted by atomic mass is 10.2. The summed E-state index contributed by atoms with van der Waals surface area (Å²) in [5.74, 6) is -1.14. The zero-order chi connectivity index (χ0) is 11.6. The highest BCUT2D eigenvalue weighted by Crippen LogP contribution is 2.41. The van der Waals surface area contributed by atoms with Crippen LogP contribution in [0, 0.1) is 11.8 Å². The predicted molar refractivity (Wildman–Crippen MR) is 54.1 cm³/mol. The zero-order valence-electron chi connectivity index (χ0n) is 9.70. The summed E-state index contributed by atoms with van der Waals surface area (Å²) < 4.78 is 10.0. The predicted octanol–water partition coefficient (Wildman–Crippen LogP) is 1.53. The van der Waals surface area contributed by atoms with Gasteiger partial charge in [-0.3, -0.25) is 9.59 Å². The van der Waals surface area contributed by atoms with E-state index in [0.717, 1.165) is 0 Å². The molecule has 0 aromatic carbocycles. The van der Waals surface area contributed by atoms with E-state index in [-0.39, 0.29) is 23.8 Å². The number of carbonyl (C=O) groups excluding carboxylic acids is 2. The number of esters is 2. The van der Waals surface area contributed by atoms with Crippen molar-refractivity contribution in [1.29, 1.82) is 0 Å². The van der Waals surface area contributed by atoms with Gasteiger partial charge in [0, 0.05) is 0 Å². The maximum atomic E-state index is 11.5. The molecule has 86 valence electrons. The maximum Gasteiger partial charge on any atom is 0.310 e. The topological polar surface area (TPSA) is 52.6 Å². The van der Waals surface area contributed by atoms with Crippen molar-refractivity contribution in [2.75, 3.05) is 6.61 Å². The molecule has 4 heteroatoms. The van der Waals surface area contributed by atoms with E-state index in [2.05, 4.69) is 0 Å². The fourth-order valence-electron chi connectivity index (χ4n) is 1.34. The average molecular weight is 214 g/mol. The minimum atomic E-state index is -0.487. The number of hydrogen-bond acceptors (Lipinski definition) is 4. The Hall–Kier alpha value is -1.06. The Morgan fingerprint density at radius 3 is 2.20 bits per heavy atom. The Labute approximate surface area is 89.9 Å². The monoisotopic (exact) mass is 214 g/mol. The first-order chi connectivity index (χ1) is 6.85. The first-order valence-electron chi connectivity index (χ1n) is 5.24. The van der Waals surface area contributed by atoms with Gasteiger partial charge in [0.05, 0.1) is 18.4 Å². The van der Waals surface area contributed by atoms with Crippen molar-refractivity contribution in [1.82, 2.24) is 0 Å². The van der Waals surface area contributed by atoms with E-state index < -0.39 is 5.60 Å². The Morgan fingerprint density at radius 1 is 1.20 bits per heavy atom. The molecule has 1 aliphatic carbocycles. The summed E-state index contributed by atoms with van der Waals surface area (Å²) >= 11 is 0. The van der Waals surface area contributed by atoms with Crippen LogP contribution in [-0.2, 0) is 19.1 Å². The Bertz CT molecular complexity index is 264. The van der Waals surface area contributed by atoms with Crippen LogP contribution in [0.2, 0.25) is 0 Å². The van der Waals surface area contributed by atoms with Crippen molar-refractivity contribution in [3.05, 3.63) is 0 Å². The van der Waals surface area contributed by atoms with Crippen LogP contribution in [0.5, 0.6) is 0 Å². The molecule has 1 fully saturated rings. The summed E-state index contributed by atoms with van der Waals surface area (Å²) in [5, 5.41) is 0. The van der Waals surface area contributed by atoms with Crippen molar-refractivity contribution < 1.29 is 19.1 Å². The molecule has 4 nitrogen and oxygen atoms in total. The van der Waals surface area contributed by atoms with Crippen molar-refractivity contribution in [2.45, 2.75) is 39.7 Å². The highest BCUT2D eigenvalue weighted by atomic mass is 16.6. The molecule has 0 amide bonds. The van der Waals surface area contributed by atoms with Gasteiger partial charge in [0.2, 0.25) is 0 Å². The third-order valence-corrected chi connectivity index (χ3v) is 2.09. The minimum absolute atomic E-state index is 0.278. The minimum Gasteiger partial charge on any atom is -0.466 e. The molecule has 0 radical (unpaired) electrons. The molecule has 1 saturated carbocycles. The maximum absolute atomic E-state index is 11.5. The molecule has 0 aliphatic heterocycles. The van der Waals surface area contributed by atoms with Gasteiger partial charge in [0.1, 0.15) is 5.60 Å². The standard InChI is InChI=1S/C11H18O4/c1-5-14-9(12)7-6-8(7)10(13)15-11(2,3)4/h7-8H,5-6H2,1-4H3. The fraction of sp³-hybridized carbons (Fsp3) is 0.818. The van der Waals surface area contributed by atoms with Gasteiger partial charge in [-0.25, -0.2) is 0 Å². The van der Waals surface area contributed by atoms with Gasteiger partial charge in [0.25, 0.3) is 0 Å². The highest BCUT2D eigenvalue weighted by molar-refractivity contribution is 5.87. The van der Waals surface area contributed by atoms with Crippen LogP contribution in [0.3, 0.4) is 0 Å². The van der Waals surface area contributed by atoms with E-state index in [4.69, 9.17) is 9.47 Å². The molecule has 0 aromatic rings. The van der Waals surface area contributed by atoms with Gasteiger partial charge in [-0.15, -0.1) is 0 Å². The van der Waals surface area contributed by atoms with Crippen LogP contribution in [0.4, 0.5) is 0 Å². The summed E-state index contributed by atoms with van der Waals surface area (Å²) in [7, 11) is 0. The smallest absolute Gasteiger partial charge is 0.310 e. The van der Waals surface area contributed by atoms with Crippen LogP contribution in [0.1, 0.15) is 34.1 Å². The third-order valence-electron chi connectivity index (χ3n) is 2.09. The largest absolute Gasteiger partial charge is 0.466 e. The Kier molecular flexibility index (Phi) is 3.37. The molecule has 0 saturated heterocycles. The van der Waals surface area contributed by atoms with E-state index in [1.807, 2.05) is 20.8 Å². The molecule has 2 unspecified atom stereocenters. The van der Waals surface area contributed by atoms with Gasteiger partial charge in [-0.2, -0.15) is 0 Å². The van der Waals surface area contributed by atoms with Crippen LogP contribution >= 0.6 is 0 Å². The van der Waals surface area contributed by atoms with Crippen LogP contribution in [-0.4, -0.2) is 24.1 Å². The fourth-order valence-corrected chi connectivity index (χ4v) is 1.34. The van der Waals surface area contributed by atoms with E-state index in [1.54, 1.807) is 6.92 Å². The number of ether oxygens (including phenoxy) is 2. The van der Waals surface area contributed by atoms with Crippen LogP contribution < -0.4 is 0 Å². The highest BCUT2D eigenvalue weighted by Gasteiger charge is 2.51. The molecule has 0 spiro atoms. The molecule has 0 heterocycles. The second kappa shape index (κ2) is 4.21. The number of carbonyl (C=O) groups is 2. The van der Waals surface area contributed by atoms with E-state index in [9.17, 15) is 9.59 Å². The van der Waals surface area contributed by atoms with Gasteiger partial charge in [-0.05, 0) is 34.1 Å². The van der Waals surface area contributed by atoms with E-state index in [0.29, 0.717) is 13.0 Å². The second-order valence-electron chi connectivity index (χ2n) is 4.73. The van der Waals surface area contributed by atoms with Crippen molar-refractivity contribution in [3.8, 4) is 0 Å². The quantitative estimate of drug-likeness (QED) is 0.668. The van der Waals surface area contributed by atoms with Crippen LogP contribution in [0.15, 0.2) is 0 Å². The molecule has 15 heavy (non-hydrogen) atoms. The summed E-state index contributed by atoms with van der Waals surface area (Å²) in [6.45, 7) is 7.55. The van der Waals surface area contributed by atoms with Crippen molar-refractivity contribution >= 4 is 11.9 Å². The first kappa shape index (κ1) is 12.0. The van der Waals surface area contributed by atoms with Gasteiger partial charge in [-0.1, -0.05) is 0 Å². The van der Waals surface area contributed by atoms with Gasteiger partial charge in [0.15, 0.2) is 0 Å². The SMILES string of the molecule is CCOC(=O)C1CC1C(=O)OC(C)(C)C. The van der Waals surface area contributed by atoms with E-state index in [1.165, 1.54) is 0 Å². The molecular weight excluding hydrogens is 196 g/mol. The summed E-state index contributed by atoms with van der Waals surface area (Å²) in [6, 6.07) is 0. The van der Waals surface area contributed by atoms with Gasteiger partial charge < -0.3 is 9.47 Å². The molecule has 2 atom stereocenters. The second-order valence-corrected chi connectivity index (χ2v) is 4.73. The lowest BCUT2D eigenvalue weighted by molar-refractivity contribution is -0.159. The average Bonchev–Trinajstić information content (AvgIpc) is 2.79. The lowest BCUT2D eigenvalue weighted by Crippen LogP contribution is -2.26. The molecular formula is C11H18O4. The molecule has 0 aromatic heterocycles. The van der Waals surface area contributed by atoms with Crippen molar-refractivity contribution in [2.24, 2.45) is 11.8 Å². The van der Waals surface area contributed by atoms with Crippen molar-refractivity contribution in [3.63, 3.8) is 0 Å².